The first-order chi connectivity index (χ1) is 7.59. The molecule has 1 rings (SSSR count). The number of aliphatic carboxylic acids is 1. The molecule has 1 heterocycles. The Morgan fingerprint density at radius 1 is 1.44 bits per heavy atom. The van der Waals surface area contributed by atoms with Crippen LogP contribution in [0.5, 0.6) is 0 Å². The molecule has 0 spiro atoms. The molecule has 1 N–H and O–H groups in total. The standard InChI is InChI=1S/C11H12N2O3/c1-13(10(14)5-6-11(15)16)8-9-4-2-3-7-12-9/h2-7H,8H2,1H3,(H,15,16)/b6-5+. The van der Waals surface area contributed by atoms with Gasteiger partial charge < -0.3 is 10.0 Å². The van der Waals surface area contributed by atoms with E-state index in [9.17, 15) is 9.59 Å². The Balaban J connectivity index is 2.56. The van der Waals surface area contributed by atoms with Gasteiger partial charge in [-0.1, -0.05) is 6.07 Å². The summed E-state index contributed by atoms with van der Waals surface area (Å²) < 4.78 is 0. The molecule has 84 valence electrons. The zero-order valence-corrected chi connectivity index (χ0v) is 8.83. The first-order valence-electron chi connectivity index (χ1n) is 4.65. The highest BCUT2D eigenvalue weighted by atomic mass is 16.4. The van der Waals surface area contributed by atoms with Gasteiger partial charge in [-0.3, -0.25) is 9.78 Å². The van der Waals surface area contributed by atoms with Crippen LogP contribution in [0.25, 0.3) is 0 Å². The van der Waals surface area contributed by atoms with Crippen molar-refractivity contribution < 1.29 is 14.7 Å². The zero-order valence-electron chi connectivity index (χ0n) is 8.83. The third kappa shape index (κ3) is 3.91. The maximum absolute atomic E-state index is 11.4. The lowest BCUT2D eigenvalue weighted by molar-refractivity contribution is -0.132. The molecule has 0 aromatic carbocycles. The summed E-state index contributed by atoms with van der Waals surface area (Å²) in [6, 6.07) is 5.41. The number of hydrogen-bond acceptors (Lipinski definition) is 3. The number of carbonyl (C=O) groups is 2. The van der Waals surface area contributed by atoms with Gasteiger partial charge in [0.2, 0.25) is 5.91 Å². The SMILES string of the molecule is CN(Cc1ccccn1)C(=O)/C=C/C(=O)O. The first-order valence-corrected chi connectivity index (χ1v) is 4.65. The summed E-state index contributed by atoms with van der Waals surface area (Å²) in [5.41, 5.74) is 0.752. The van der Waals surface area contributed by atoms with Gasteiger partial charge in [0.15, 0.2) is 0 Å². The van der Waals surface area contributed by atoms with Crippen LogP contribution in [0.15, 0.2) is 36.5 Å². The van der Waals surface area contributed by atoms with Crippen molar-refractivity contribution in [3.8, 4) is 0 Å². The minimum atomic E-state index is -1.14. The van der Waals surface area contributed by atoms with E-state index < -0.39 is 5.97 Å². The first kappa shape index (κ1) is 11.9. The number of carboxylic acid groups (broad SMARTS) is 1. The van der Waals surface area contributed by atoms with E-state index in [2.05, 4.69) is 4.98 Å². The van der Waals surface area contributed by atoms with Gasteiger partial charge in [0.1, 0.15) is 0 Å². The number of nitrogens with zero attached hydrogens (tertiary/aromatic N) is 2. The topological polar surface area (TPSA) is 70.5 Å². The van der Waals surface area contributed by atoms with Crippen LogP contribution in [0.3, 0.4) is 0 Å². The summed E-state index contributed by atoms with van der Waals surface area (Å²) in [6.07, 6.45) is 3.48. The van der Waals surface area contributed by atoms with Crippen LogP contribution in [-0.2, 0) is 16.1 Å². The average Bonchev–Trinajstić information content (AvgIpc) is 2.27. The van der Waals surface area contributed by atoms with Crippen molar-refractivity contribution in [3.63, 3.8) is 0 Å². The maximum Gasteiger partial charge on any atom is 0.328 e. The van der Waals surface area contributed by atoms with Crippen molar-refractivity contribution >= 4 is 11.9 Å². The molecule has 0 saturated heterocycles. The van der Waals surface area contributed by atoms with E-state index in [0.717, 1.165) is 17.8 Å². The van der Waals surface area contributed by atoms with Crippen molar-refractivity contribution in [1.29, 1.82) is 0 Å². The molecule has 0 aliphatic rings. The summed E-state index contributed by atoms with van der Waals surface area (Å²) >= 11 is 0. The van der Waals surface area contributed by atoms with E-state index in [1.807, 2.05) is 6.07 Å². The second kappa shape index (κ2) is 5.65. The highest BCUT2D eigenvalue weighted by molar-refractivity contribution is 5.93. The van der Waals surface area contributed by atoms with E-state index in [4.69, 9.17) is 5.11 Å². The number of likely N-dealkylation sites (N-methyl/N-ethyl adjacent to an activating group) is 1. The molecule has 1 aromatic heterocycles. The molecule has 1 amide bonds. The second-order valence-corrected chi connectivity index (χ2v) is 3.19. The normalized spacial score (nSPS) is 10.3. The molecule has 0 aliphatic heterocycles. The van der Waals surface area contributed by atoms with Gasteiger partial charge in [0.25, 0.3) is 0 Å². The lowest BCUT2D eigenvalue weighted by Gasteiger charge is -2.13. The van der Waals surface area contributed by atoms with Crippen LogP contribution in [0.1, 0.15) is 5.69 Å². The Bertz CT molecular complexity index is 401. The smallest absolute Gasteiger partial charge is 0.328 e. The number of rotatable bonds is 4. The van der Waals surface area contributed by atoms with Crippen molar-refractivity contribution in [2.75, 3.05) is 7.05 Å². The number of hydrogen-bond donors (Lipinski definition) is 1. The number of pyridine rings is 1. The molecule has 0 aliphatic carbocycles. The van der Waals surface area contributed by atoms with Gasteiger partial charge in [-0.05, 0) is 12.1 Å². The molecule has 0 fully saturated rings. The average molecular weight is 220 g/mol. The monoisotopic (exact) mass is 220 g/mol. The van der Waals surface area contributed by atoms with Gasteiger partial charge in [-0.15, -0.1) is 0 Å². The van der Waals surface area contributed by atoms with Crippen LogP contribution in [0.4, 0.5) is 0 Å². The molecule has 1 aromatic rings. The molecule has 0 radical (unpaired) electrons. The van der Waals surface area contributed by atoms with Crippen molar-refractivity contribution in [2.24, 2.45) is 0 Å². The highest BCUT2D eigenvalue weighted by Crippen LogP contribution is 1.99. The molecular weight excluding hydrogens is 208 g/mol. The van der Waals surface area contributed by atoms with Gasteiger partial charge in [0.05, 0.1) is 12.2 Å². The minimum absolute atomic E-state index is 0.351. The van der Waals surface area contributed by atoms with Crippen LogP contribution < -0.4 is 0 Å². The zero-order chi connectivity index (χ0) is 12.0. The summed E-state index contributed by atoms with van der Waals surface area (Å²) in [7, 11) is 1.59. The van der Waals surface area contributed by atoms with Crippen LogP contribution >= 0.6 is 0 Å². The fourth-order valence-corrected chi connectivity index (χ4v) is 1.08. The molecule has 0 atom stereocenters. The molecule has 5 heteroatoms. The Kier molecular flexibility index (Phi) is 4.20. The minimum Gasteiger partial charge on any atom is -0.478 e. The van der Waals surface area contributed by atoms with Crippen LogP contribution in [0, 0.1) is 0 Å². The van der Waals surface area contributed by atoms with Crippen LogP contribution in [-0.4, -0.2) is 33.9 Å². The van der Waals surface area contributed by atoms with E-state index in [1.54, 1.807) is 25.4 Å². The lowest BCUT2D eigenvalue weighted by Crippen LogP contribution is -2.24. The number of carbonyl (C=O) groups excluding carboxylic acids is 1. The quantitative estimate of drug-likeness (QED) is 0.757. The Morgan fingerprint density at radius 2 is 2.19 bits per heavy atom. The Labute approximate surface area is 93.0 Å². The summed E-state index contributed by atoms with van der Waals surface area (Å²) in [5, 5.41) is 8.36. The Hall–Kier alpha value is -2.17. The van der Waals surface area contributed by atoms with E-state index in [0.29, 0.717) is 6.54 Å². The molecule has 5 nitrogen and oxygen atoms in total. The maximum atomic E-state index is 11.4. The molecular formula is C11H12N2O3. The van der Waals surface area contributed by atoms with Gasteiger partial charge in [-0.25, -0.2) is 4.79 Å². The highest BCUT2D eigenvalue weighted by Gasteiger charge is 2.06. The number of amides is 1. The predicted octanol–water partition coefficient (Wildman–Crippen LogP) is 0.681. The van der Waals surface area contributed by atoms with Crippen molar-refractivity contribution in [1.82, 2.24) is 9.88 Å². The third-order valence-corrected chi connectivity index (χ3v) is 1.87. The molecule has 0 bridgehead atoms. The van der Waals surface area contributed by atoms with Gasteiger partial charge in [0, 0.05) is 25.4 Å². The van der Waals surface area contributed by atoms with E-state index in [-0.39, 0.29) is 5.91 Å². The van der Waals surface area contributed by atoms with Crippen LogP contribution in [0.2, 0.25) is 0 Å². The van der Waals surface area contributed by atoms with Gasteiger partial charge >= 0.3 is 5.97 Å². The largest absolute Gasteiger partial charge is 0.478 e. The third-order valence-electron chi connectivity index (χ3n) is 1.87. The fraction of sp³-hybridized carbons (Fsp3) is 0.182. The van der Waals surface area contributed by atoms with E-state index in [1.165, 1.54) is 4.90 Å². The van der Waals surface area contributed by atoms with Crippen molar-refractivity contribution in [3.05, 3.63) is 42.2 Å². The van der Waals surface area contributed by atoms with E-state index >= 15 is 0 Å². The predicted molar refractivity (Wildman–Crippen MR) is 57.5 cm³/mol. The second-order valence-electron chi connectivity index (χ2n) is 3.19. The molecule has 16 heavy (non-hydrogen) atoms. The van der Waals surface area contributed by atoms with Crippen molar-refractivity contribution in [2.45, 2.75) is 6.54 Å². The summed E-state index contributed by atoms with van der Waals surface area (Å²) in [5.74, 6) is -1.51. The summed E-state index contributed by atoms with van der Waals surface area (Å²) in [6.45, 7) is 0.351. The lowest BCUT2D eigenvalue weighted by atomic mass is 10.3. The fourth-order valence-electron chi connectivity index (χ4n) is 1.08. The molecule has 0 unspecified atom stereocenters. The Morgan fingerprint density at radius 3 is 2.75 bits per heavy atom. The summed E-state index contributed by atoms with van der Waals surface area (Å²) in [4.78, 5) is 27.1. The number of carboxylic acids is 1. The number of aromatic nitrogens is 1. The molecule has 0 saturated carbocycles. The van der Waals surface area contributed by atoms with Gasteiger partial charge in [-0.2, -0.15) is 0 Å².